The van der Waals surface area contributed by atoms with Gasteiger partial charge in [-0.05, 0) is 96.2 Å². The number of nitrogens with zero attached hydrogens (tertiary/aromatic N) is 1. The van der Waals surface area contributed by atoms with Crippen molar-refractivity contribution in [2.75, 3.05) is 19.6 Å². The van der Waals surface area contributed by atoms with Crippen molar-refractivity contribution in [1.82, 2.24) is 4.90 Å². The molecule has 0 aromatic carbocycles. The lowest BCUT2D eigenvalue weighted by Gasteiger charge is -2.22. The lowest BCUT2D eigenvalue weighted by molar-refractivity contribution is 0.0513. The van der Waals surface area contributed by atoms with Gasteiger partial charge in [0.2, 0.25) is 0 Å². The molecular formula is C27H47NO2. The first kappa shape index (κ1) is 24.0. The highest BCUT2D eigenvalue weighted by Crippen LogP contribution is 2.48. The van der Waals surface area contributed by atoms with Gasteiger partial charge in [-0.3, -0.25) is 0 Å². The standard InChI is InChI=1S/C27H47NO2/c1-3-4-14-27(2,30)15-11-13-24-25-20-22(19-23(25)21-26(24)29)12-7-5-6-8-16-28-17-9-10-18-28/h11,13,19,23-26,29-30H,3-10,12,14-18,20-21H2,1-2H3/t23-,24+,25-,26+,27-/m0/s1. The number of hydrogen-bond donors (Lipinski definition) is 2. The topological polar surface area (TPSA) is 43.7 Å². The molecule has 30 heavy (non-hydrogen) atoms. The molecule has 1 heterocycles. The number of hydrogen-bond acceptors (Lipinski definition) is 3. The van der Waals surface area contributed by atoms with E-state index in [1.807, 2.05) is 6.92 Å². The van der Waals surface area contributed by atoms with E-state index in [9.17, 15) is 10.2 Å². The van der Waals surface area contributed by atoms with Crippen LogP contribution in [-0.4, -0.2) is 46.5 Å². The summed E-state index contributed by atoms with van der Waals surface area (Å²) < 4.78 is 0. The molecule has 2 fully saturated rings. The Morgan fingerprint density at radius 3 is 2.67 bits per heavy atom. The zero-order chi connectivity index (χ0) is 21.4. The lowest BCUT2D eigenvalue weighted by atomic mass is 9.87. The lowest BCUT2D eigenvalue weighted by Crippen LogP contribution is -2.23. The molecule has 0 amide bonds. The summed E-state index contributed by atoms with van der Waals surface area (Å²) in [6.45, 7) is 8.08. The maximum absolute atomic E-state index is 10.6. The molecule has 2 N–H and O–H groups in total. The highest BCUT2D eigenvalue weighted by Gasteiger charge is 2.43. The quantitative estimate of drug-likeness (QED) is 0.291. The molecular weight excluding hydrogens is 370 g/mol. The minimum absolute atomic E-state index is 0.208. The van der Waals surface area contributed by atoms with E-state index in [-0.39, 0.29) is 12.0 Å². The van der Waals surface area contributed by atoms with Crippen LogP contribution in [0.5, 0.6) is 0 Å². The first-order valence-corrected chi connectivity index (χ1v) is 13.0. The molecule has 172 valence electrons. The highest BCUT2D eigenvalue weighted by atomic mass is 16.3. The van der Waals surface area contributed by atoms with Gasteiger partial charge in [0, 0.05) is 5.92 Å². The molecule has 1 aliphatic heterocycles. The molecule has 0 aromatic heterocycles. The van der Waals surface area contributed by atoms with Gasteiger partial charge in [-0.15, -0.1) is 0 Å². The third kappa shape index (κ3) is 7.21. The van der Waals surface area contributed by atoms with E-state index in [4.69, 9.17) is 0 Å². The summed E-state index contributed by atoms with van der Waals surface area (Å²) >= 11 is 0. The number of fused-ring (bicyclic) bond motifs is 1. The summed E-state index contributed by atoms with van der Waals surface area (Å²) in [5.74, 6) is 1.42. The van der Waals surface area contributed by atoms with E-state index in [0.29, 0.717) is 18.3 Å². The fourth-order valence-electron chi connectivity index (χ4n) is 5.98. The molecule has 0 radical (unpaired) electrons. The van der Waals surface area contributed by atoms with E-state index >= 15 is 0 Å². The molecule has 3 nitrogen and oxygen atoms in total. The highest BCUT2D eigenvalue weighted by molar-refractivity contribution is 5.20. The third-order valence-electron chi connectivity index (χ3n) is 7.86. The van der Waals surface area contributed by atoms with Crippen LogP contribution in [0, 0.1) is 17.8 Å². The second kappa shape index (κ2) is 11.8. The minimum atomic E-state index is -0.608. The van der Waals surface area contributed by atoms with Crippen molar-refractivity contribution in [3.05, 3.63) is 23.8 Å². The Hall–Kier alpha value is -0.640. The van der Waals surface area contributed by atoms with Gasteiger partial charge in [0.25, 0.3) is 0 Å². The van der Waals surface area contributed by atoms with Crippen molar-refractivity contribution in [2.24, 2.45) is 17.8 Å². The summed E-state index contributed by atoms with van der Waals surface area (Å²) in [6.07, 6.45) is 22.0. The number of aliphatic hydroxyl groups excluding tert-OH is 1. The van der Waals surface area contributed by atoms with Crippen LogP contribution in [0.1, 0.15) is 97.3 Å². The van der Waals surface area contributed by atoms with Crippen LogP contribution < -0.4 is 0 Å². The average Bonchev–Trinajstić information content (AvgIpc) is 3.41. The van der Waals surface area contributed by atoms with Crippen LogP contribution in [-0.2, 0) is 0 Å². The summed E-state index contributed by atoms with van der Waals surface area (Å²) in [5.41, 5.74) is 1.04. The number of unbranched alkanes of at least 4 members (excludes halogenated alkanes) is 4. The Morgan fingerprint density at radius 2 is 1.90 bits per heavy atom. The van der Waals surface area contributed by atoms with Crippen LogP contribution in [0.15, 0.2) is 23.8 Å². The normalized spacial score (nSPS) is 31.4. The Morgan fingerprint density at radius 1 is 1.13 bits per heavy atom. The molecule has 3 heteroatoms. The van der Waals surface area contributed by atoms with Gasteiger partial charge in [-0.2, -0.15) is 0 Å². The molecule has 3 rings (SSSR count). The second-order valence-corrected chi connectivity index (χ2v) is 10.7. The number of likely N-dealkylation sites (tertiary alicyclic amines) is 1. The molecule has 5 atom stereocenters. The zero-order valence-corrected chi connectivity index (χ0v) is 19.7. The fourth-order valence-corrected chi connectivity index (χ4v) is 5.98. The van der Waals surface area contributed by atoms with Gasteiger partial charge in [-0.25, -0.2) is 0 Å². The average molecular weight is 418 g/mol. The van der Waals surface area contributed by atoms with Gasteiger partial charge in [0.1, 0.15) is 0 Å². The summed E-state index contributed by atoms with van der Waals surface area (Å²) in [5, 5.41) is 21.1. The van der Waals surface area contributed by atoms with Crippen LogP contribution in [0.2, 0.25) is 0 Å². The second-order valence-electron chi connectivity index (χ2n) is 10.7. The summed E-state index contributed by atoms with van der Waals surface area (Å²) in [7, 11) is 0. The van der Waals surface area contributed by atoms with Gasteiger partial charge in [0.15, 0.2) is 0 Å². The van der Waals surface area contributed by atoms with E-state index < -0.39 is 5.60 Å². The van der Waals surface area contributed by atoms with Crippen molar-refractivity contribution in [2.45, 2.75) is 109 Å². The van der Waals surface area contributed by atoms with Crippen LogP contribution in [0.3, 0.4) is 0 Å². The smallest absolute Gasteiger partial charge is 0.0654 e. The van der Waals surface area contributed by atoms with E-state index in [0.717, 1.165) is 25.7 Å². The number of rotatable bonds is 13. The minimum Gasteiger partial charge on any atom is -0.392 e. The van der Waals surface area contributed by atoms with E-state index in [1.54, 1.807) is 5.57 Å². The van der Waals surface area contributed by atoms with E-state index in [2.05, 4.69) is 30.1 Å². The van der Waals surface area contributed by atoms with Crippen LogP contribution in [0.25, 0.3) is 0 Å². The molecule has 0 unspecified atom stereocenters. The van der Waals surface area contributed by atoms with Gasteiger partial charge in [0.05, 0.1) is 11.7 Å². The van der Waals surface area contributed by atoms with Gasteiger partial charge >= 0.3 is 0 Å². The van der Waals surface area contributed by atoms with Crippen molar-refractivity contribution in [3.8, 4) is 0 Å². The number of allylic oxidation sites excluding steroid dienone is 2. The first-order valence-electron chi connectivity index (χ1n) is 13.0. The summed E-state index contributed by atoms with van der Waals surface area (Å²) in [4.78, 5) is 2.63. The molecule has 0 aromatic rings. The monoisotopic (exact) mass is 417 g/mol. The Kier molecular flexibility index (Phi) is 9.47. The molecule has 1 saturated heterocycles. The Balaban J connectivity index is 1.34. The zero-order valence-electron chi connectivity index (χ0n) is 19.7. The Labute approximate surface area is 185 Å². The van der Waals surface area contributed by atoms with Gasteiger partial charge in [-0.1, -0.05) is 56.4 Å². The van der Waals surface area contributed by atoms with Crippen molar-refractivity contribution < 1.29 is 10.2 Å². The Bertz CT molecular complexity index is 561. The van der Waals surface area contributed by atoms with Crippen molar-refractivity contribution in [3.63, 3.8) is 0 Å². The largest absolute Gasteiger partial charge is 0.392 e. The predicted molar refractivity (Wildman–Crippen MR) is 126 cm³/mol. The fraction of sp³-hybridized carbons (Fsp3) is 0.852. The van der Waals surface area contributed by atoms with Crippen LogP contribution in [0.4, 0.5) is 0 Å². The molecule has 0 spiro atoms. The van der Waals surface area contributed by atoms with Crippen LogP contribution >= 0.6 is 0 Å². The predicted octanol–water partition coefficient (Wildman–Crippen LogP) is 5.86. The maximum Gasteiger partial charge on any atom is 0.0654 e. The molecule has 3 aliphatic rings. The van der Waals surface area contributed by atoms with Crippen molar-refractivity contribution >= 4 is 0 Å². The van der Waals surface area contributed by atoms with E-state index in [1.165, 1.54) is 71.0 Å². The summed E-state index contributed by atoms with van der Waals surface area (Å²) in [6, 6.07) is 0. The molecule has 0 bridgehead atoms. The maximum atomic E-state index is 10.6. The third-order valence-corrected chi connectivity index (χ3v) is 7.86. The number of aliphatic hydroxyl groups is 2. The molecule has 1 saturated carbocycles. The molecule has 2 aliphatic carbocycles. The first-order chi connectivity index (χ1) is 14.5. The van der Waals surface area contributed by atoms with Gasteiger partial charge < -0.3 is 15.1 Å². The van der Waals surface area contributed by atoms with Crippen molar-refractivity contribution in [1.29, 1.82) is 0 Å². The SMILES string of the molecule is CCCC[C@](C)(O)CC=C[C@@H]1[C@H]2CC(CCCCCCN3CCCC3)=C[C@H]2C[C@H]1O.